The van der Waals surface area contributed by atoms with Crippen molar-refractivity contribution in [2.75, 3.05) is 26.4 Å². The van der Waals surface area contributed by atoms with Crippen molar-refractivity contribution in [2.45, 2.75) is 6.92 Å². The molecule has 110 valence electrons. The number of aromatic nitrogens is 1. The Morgan fingerprint density at radius 1 is 1.45 bits per heavy atom. The molecule has 1 aromatic heterocycles. The van der Waals surface area contributed by atoms with Crippen molar-refractivity contribution in [3.05, 3.63) is 16.1 Å². The van der Waals surface area contributed by atoms with Crippen LogP contribution in [0.3, 0.4) is 0 Å². The maximum atomic E-state index is 11.7. The van der Waals surface area contributed by atoms with Gasteiger partial charge in [0.2, 0.25) is 10.9 Å². The normalized spacial score (nSPS) is 10.1. The molecule has 1 heterocycles. The van der Waals surface area contributed by atoms with Crippen LogP contribution in [0.4, 0.5) is 0 Å². The number of carbonyl (C=O) groups excluding carboxylic acids is 3. The Bertz CT molecular complexity index is 488. The molecule has 9 heteroatoms. The summed E-state index contributed by atoms with van der Waals surface area (Å²) in [5.41, 5.74) is 5.01. The van der Waals surface area contributed by atoms with Crippen molar-refractivity contribution in [2.24, 2.45) is 5.73 Å². The van der Waals surface area contributed by atoms with E-state index in [-0.39, 0.29) is 37.1 Å². The fraction of sp³-hybridized carbons (Fsp3) is 0.455. The van der Waals surface area contributed by atoms with Gasteiger partial charge >= 0.3 is 5.97 Å². The number of nitrogens with zero attached hydrogens (tertiary/aromatic N) is 1. The van der Waals surface area contributed by atoms with E-state index in [4.69, 9.17) is 15.2 Å². The summed E-state index contributed by atoms with van der Waals surface area (Å²) in [7, 11) is 0. The second-order valence-electron chi connectivity index (χ2n) is 3.53. The summed E-state index contributed by atoms with van der Waals surface area (Å²) < 4.78 is 9.65. The summed E-state index contributed by atoms with van der Waals surface area (Å²) in [5, 5.41) is 4.12. The molecule has 1 rings (SSSR count). The molecule has 1 aromatic rings. The largest absolute Gasteiger partial charge is 0.461 e. The van der Waals surface area contributed by atoms with E-state index in [1.165, 1.54) is 5.38 Å². The zero-order valence-corrected chi connectivity index (χ0v) is 11.7. The molecular formula is C11H15N3O5S. The Kier molecular flexibility index (Phi) is 6.60. The number of nitrogens with one attached hydrogen (secondary N) is 1. The lowest BCUT2D eigenvalue weighted by Crippen LogP contribution is -2.29. The van der Waals surface area contributed by atoms with Gasteiger partial charge in [-0.15, -0.1) is 11.3 Å². The van der Waals surface area contributed by atoms with Gasteiger partial charge in [0.15, 0.2) is 0 Å². The van der Waals surface area contributed by atoms with Gasteiger partial charge in [-0.05, 0) is 6.92 Å². The predicted octanol–water partition coefficient (Wildman–Crippen LogP) is -0.448. The predicted molar refractivity (Wildman–Crippen MR) is 70.4 cm³/mol. The van der Waals surface area contributed by atoms with Gasteiger partial charge in [0.05, 0.1) is 13.2 Å². The summed E-state index contributed by atoms with van der Waals surface area (Å²) in [4.78, 5) is 37.3. The first-order valence-corrected chi connectivity index (χ1v) is 6.69. The SMILES string of the molecule is CCOC(=O)c1nc(C(=O)NCCOCC(N)=O)cs1. The maximum Gasteiger partial charge on any atom is 0.367 e. The van der Waals surface area contributed by atoms with Crippen molar-refractivity contribution >= 4 is 29.1 Å². The highest BCUT2D eigenvalue weighted by molar-refractivity contribution is 7.11. The van der Waals surface area contributed by atoms with Crippen molar-refractivity contribution in [1.82, 2.24) is 10.3 Å². The average molecular weight is 301 g/mol. The number of rotatable bonds is 8. The second kappa shape index (κ2) is 8.23. The molecule has 0 unspecified atom stereocenters. The molecule has 8 nitrogen and oxygen atoms in total. The van der Waals surface area contributed by atoms with Crippen LogP contribution in [0.1, 0.15) is 27.2 Å². The minimum absolute atomic E-state index is 0.127. The summed E-state index contributed by atoms with van der Waals surface area (Å²) in [6.07, 6.45) is 0. The molecular weight excluding hydrogens is 286 g/mol. The van der Waals surface area contributed by atoms with Crippen LogP contribution in [0.25, 0.3) is 0 Å². The maximum absolute atomic E-state index is 11.7. The van der Waals surface area contributed by atoms with E-state index in [0.29, 0.717) is 0 Å². The van der Waals surface area contributed by atoms with Crippen LogP contribution in [0, 0.1) is 0 Å². The lowest BCUT2D eigenvalue weighted by atomic mass is 10.4. The summed E-state index contributed by atoms with van der Waals surface area (Å²) >= 11 is 1.03. The van der Waals surface area contributed by atoms with Gasteiger partial charge in [-0.2, -0.15) is 0 Å². The number of hydrogen-bond acceptors (Lipinski definition) is 7. The first-order valence-electron chi connectivity index (χ1n) is 5.81. The highest BCUT2D eigenvalue weighted by Crippen LogP contribution is 2.10. The van der Waals surface area contributed by atoms with Gasteiger partial charge in [-0.25, -0.2) is 9.78 Å². The number of esters is 1. The third kappa shape index (κ3) is 5.33. The molecule has 0 aliphatic rings. The average Bonchev–Trinajstić information content (AvgIpc) is 2.87. The molecule has 0 aromatic carbocycles. The molecule has 0 radical (unpaired) electrons. The third-order valence-corrected chi connectivity index (χ3v) is 2.79. The zero-order chi connectivity index (χ0) is 15.0. The molecule has 2 amide bonds. The lowest BCUT2D eigenvalue weighted by Gasteiger charge is -2.03. The van der Waals surface area contributed by atoms with Gasteiger partial charge in [-0.3, -0.25) is 9.59 Å². The van der Waals surface area contributed by atoms with Gasteiger partial charge in [0, 0.05) is 11.9 Å². The molecule has 20 heavy (non-hydrogen) atoms. The molecule has 0 fully saturated rings. The molecule has 0 saturated heterocycles. The molecule has 0 bridgehead atoms. The van der Waals surface area contributed by atoms with Crippen molar-refractivity contribution in [3.63, 3.8) is 0 Å². The summed E-state index contributed by atoms with van der Waals surface area (Å²) in [5.74, 6) is -1.56. The molecule has 0 spiro atoms. The van der Waals surface area contributed by atoms with E-state index >= 15 is 0 Å². The van der Waals surface area contributed by atoms with Crippen molar-refractivity contribution in [1.29, 1.82) is 0 Å². The molecule has 0 atom stereocenters. The van der Waals surface area contributed by atoms with Crippen LogP contribution in [-0.2, 0) is 14.3 Å². The number of primary amides is 1. The number of thiazole rings is 1. The van der Waals surface area contributed by atoms with Crippen LogP contribution < -0.4 is 11.1 Å². The van der Waals surface area contributed by atoms with E-state index in [1.807, 2.05) is 0 Å². The van der Waals surface area contributed by atoms with E-state index in [2.05, 4.69) is 10.3 Å². The van der Waals surface area contributed by atoms with Gasteiger partial charge in [0.1, 0.15) is 12.3 Å². The van der Waals surface area contributed by atoms with Gasteiger partial charge in [0.25, 0.3) is 5.91 Å². The minimum atomic E-state index is -0.574. The van der Waals surface area contributed by atoms with Crippen LogP contribution in [0.5, 0.6) is 0 Å². The minimum Gasteiger partial charge on any atom is -0.461 e. The van der Waals surface area contributed by atoms with Crippen LogP contribution >= 0.6 is 11.3 Å². The lowest BCUT2D eigenvalue weighted by molar-refractivity contribution is -0.122. The van der Waals surface area contributed by atoms with E-state index < -0.39 is 17.8 Å². The number of carbonyl (C=O) groups is 3. The highest BCUT2D eigenvalue weighted by Gasteiger charge is 2.15. The molecule has 0 aliphatic heterocycles. The van der Waals surface area contributed by atoms with Crippen LogP contribution in [0.2, 0.25) is 0 Å². The van der Waals surface area contributed by atoms with Gasteiger partial charge < -0.3 is 20.5 Å². The highest BCUT2D eigenvalue weighted by atomic mass is 32.1. The monoisotopic (exact) mass is 301 g/mol. The van der Waals surface area contributed by atoms with E-state index in [9.17, 15) is 14.4 Å². The summed E-state index contributed by atoms with van der Waals surface area (Å²) in [6, 6.07) is 0. The molecule has 0 aliphatic carbocycles. The first-order chi connectivity index (χ1) is 9.54. The number of ether oxygens (including phenoxy) is 2. The Morgan fingerprint density at radius 2 is 2.20 bits per heavy atom. The Balaban J connectivity index is 2.36. The standard InChI is InChI=1S/C11H15N3O5S/c1-2-19-11(17)10-14-7(6-20-10)9(16)13-3-4-18-5-8(12)15/h6H,2-5H2,1H3,(H2,12,15)(H,13,16). The number of hydrogen-bond donors (Lipinski definition) is 2. The van der Waals surface area contributed by atoms with Crippen LogP contribution in [0.15, 0.2) is 5.38 Å². The fourth-order valence-corrected chi connectivity index (χ4v) is 1.85. The smallest absolute Gasteiger partial charge is 0.367 e. The number of nitrogens with two attached hydrogens (primary N) is 1. The second-order valence-corrected chi connectivity index (χ2v) is 4.39. The molecule has 3 N–H and O–H groups in total. The van der Waals surface area contributed by atoms with Crippen LogP contribution in [-0.4, -0.2) is 49.1 Å². The topological polar surface area (TPSA) is 121 Å². The van der Waals surface area contributed by atoms with Gasteiger partial charge in [-0.1, -0.05) is 0 Å². The molecule has 0 saturated carbocycles. The summed E-state index contributed by atoms with van der Waals surface area (Å²) in [6.45, 7) is 2.10. The Morgan fingerprint density at radius 3 is 2.85 bits per heavy atom. The first kappa shape index (κ1) is 16.1. The van der Waals surface area contributed by atoms with Crippen molar-refractivity contribution in [3.8, 4) is 0 Å². The van der Waals surface area contributed by atoms with E-state index in [0.717, 1.165) is 11.3 Å². The third-order valence-electron chi connectivity index (χ3n) is 1.96. The number of amides is 2. The van der Waals surface area contributed by atoms with E-state index in [1.54, 1.807) is 6.92 Å². The quantitative estimate of drug-likeness (QED) is 0.495. The Hall–Kier alpha value is -2.00. The Labute approximate surface area is 119 Å². The zero-order valence-electron chi connectivity index (χ0n) is 10.9. The fourth-order valence-electron chi connectivity index (χ4n) is 1.16. The van der Waals surface area contributed by atoms with Crippen molar-refractivity contribution < 1.29 is 23.9 Å².